The van der Waals surface area contributed by atoms with Gasteiger partial charge in [0, 0.05) is 36.1 Å². The molecule has 1 heterocycles. The fraction of sp³-hybridized carbons (Fsp3) is 0.750. The van der Waals surface area contributed by atoms with Gasteiger partial charge in [-0.05, 0) is 25.5 Å². The summed E-state index contributed by atoms with van der Waals surface area (Å²) in [6.07, 6.45) is 7.92. The number of thioether (sulfide) groups is 1. The summed E-state index contributed by atoms with van der Waals surface area (Å²) in [6, 6.07) is 0.520. The largest absolute Gasteiger partial charge is 0.309 e. The Labute approximate surface area is 102 Å². The summed E-state index contributed by atoms with van der Waals surface area (Å²) in [5.41, 5.74) is 2.84. The van der Waals surface area contributed by atoms with Gasteiger partial charge in [0.05, 0.1) is 6.20 Å². The van der Waals surface area contributed by atoms with E-state index in [1.54, 1.807) is 0 Å². The molecule has 4 heteroatoms. The predicted molar refractivity (Wildman–Crippen MR) is 69.9 cm³/mol. The Bertz CT molecular complexity index is 348. The normalized spacial score (nSPS) is 21.8. The van der Waals surface area contributed by atoms with Crippen molar-refractivity contribution in [1.29, 1.82) is 0 Å². The van der Waals surface area contributed by atoms with Crippen molar-refractivity contribution >= 4 is 11.8 Å². The van der Waals surface area contributed by atoms with E-state index >= 15 is 0 Å². The molecule has 0 saturated carbocycles. The maximum Gasteiger partial charge on any atom is 0.0540 e. The van der Waals surface area contributed by atoms with Crippen LogP contribution in [0.3, 0.4) is 0 Å². The number of nitrogens with one attached hydrogen (secondary N) is 1. The highest BCUT2D eigenvalue weighted by Crippen LogP contribution is 2.29. The van der Waals surface area contributed by atoms with Crippen molar-refractivity contribution in [2.45, 2.75) is 37.5 Å². The van der Waals surface area contributed by atoms with Gasteiger partial charge in [-0.3, -0.25) is 4.68 Å². The highest BCUT2D eigenvalue weighted by molar-refractivity contribution is 7.99. The molecular formula is C12H21N3S. The zero-order valence-corrected chi connectivity index (χ0v) is 11.2. The predicted octanol–water partition coefficient (Wildman–Crippen LogP) is 2.14. The Hall–Kier alpha value is -0.480. The second-order valence-corrected chi connectivity index (χ2v) is 5.85. The Morgan fingerprint density at radius 1 is 1.69 bits per heavy atom. The molecule has 16 heavy (non-hydrogen) atoms. The molecule has 2 rings (SSSR count). The molecule has 0 aromatic carbocycles. The molecule has 3 nitrogen and oxygen atoms in total. The van der Waals surface area contributed by atoms with Crippen LogP contribution in [0.1, 0.15) is 37.1 Å². The summed E-state index contributed by atoms with van der Waals surface area (Å²) in [6.45, 7) is 3.35. The molecule has 0 bridgehead atoms. The van der Waals surface area contributed by atoms with Gasteiger partial charge in [-0.25, -0.2) is 0 Å². The lowest BCUT2D eigenvalue weighted by molar-refractivity contribution is 0.455. The van der Waals surface area contributed by atoms with Crippen molar-refractivity contribution in [3.8, 4) is 0 Å². The summed E-state index contributed by atoms with van der Waals surface area (Å²) >= 11 is 1.92. The van der Waals surface area contributed by atoms with E-state index < -0.39 is 0 Å². The van der Waals surface area contributed by atoms with E-state index in [2.05, 4.69) is 23.6 Å². The smallest absolute Gasteiger partial charge is 0.0540 e. The Balaban J connectivity index is 2.02. The van der Waals surface area contributed by atoms with E-state index in [1.165, 1.54) is 30.5 Å². The first-order chi connectivity index (χ1) is 7.72. The average Bonchev–Trinajstić information content (AvgIpc) is 2.69. The van der Waals surface area contributed by atoms with Crippen LogP contribution >= 0.6 is 11.8 Å². The van der Waals surface area contributed by atoms with Gasteiger partial charge in [0.2, 0.25) is 0 Å². The number of hydrogen-bond donors (Lipinski definition) is 1. The van der Waals surface area contributed by atoms with Gasteiger partial charge in [0.25, 0.3) is 0 Å². The molecule has 1 N–H and O–H groups in total. The van der Waals surface area contributed by atoms with Crippen LogP contribution < -0.4 is 5.32 Å². The molecule has 1 aliphatic rings. The fourth-order valence-corrected chi connectivity index (χ4v) is 2.57. The van der Waals surface area contributed by atoms with Crippen LogP contribution in [0.2, 0.25) is 0 Å². The Morgan fingerprint density at radius 3 is 3.25 bits per heavy atom. The van der Waals surface area contributed by atoms with Gasteiger partial charge in [-0.15, -0.1) is 0 Å². The molecule has 1 aromatic rings. The second-order valence-electron chi connectivity index (χ2n) is 4.57. The zero-order valence-electron chi connectivity index (χ0n) is 10.4. The number of hydrogen-bond acceptors (Lipinski definition) is 3. The van der Waals surface area contributed by atoms with Gasteiger partial charge in [0.15, 0.2) is 0 Å². The highest BCUT2D eigenvalue weighted by Gasteiger charge is 2.22. The Morgan fingerprint density at radius 2 is 2.50 bits per heavy atom. The summed E-state index contributed by atoms with van der Waals surface area (Å²) < 4.78 is 2.03. The van der Waals surface area contributed by atoms with Gasteiger partial charge < -0.3 is 5.32 Å². The van der Waals surface area contributed by atoms with E-state index in [0.29, 0.717) is 11.3 Å². The molecule has 0 amide bonds. The molecule has 0 fully saturated rings. The van der Waals surface area contributed by atoms with Crippen molar-refractivity contribution in [2.24, 2.45) is 7.05 Å². The third-order valence-electron chi connectivity index (χ3n) is 3.43. The van der Waals surface area contributed by atoms with E-state index in [9.17, 15) is 0 Å². The molecule has 90 valence electrons. The number of rotatable bonds is 4. The first kappa shape index (κ1) is 12.0. The monoisotopic (exact) mass is 239 g/mol. The summed E-state index contributed by atoms with van der Waals surface area (Å²) in [4.78, 5) is 0. The van der Waals surface area contributed by atoms with Gasteiger partial charge >= 0.3 is 0 Å². The van der Waals surface area contributed by atoms with Crippen molar-refractivity contribution in [1.82, 2.24) is 15.1 Å². The molecule has 2 unspecified atom stereocenters. The first-order valence-electron chi connectivity index (χ1n) is 5.99. The van der Waals surface area contributed by atoms with Crippen LogP contribution in [-0.4, -0.2) is 27.8 Å². The zero-order chi connectivity index (χ0) is 11.5. The standard InChI is InChI=1S/C12H21N3S/c1-9(16-3)7-13-11-5-4-6-12-10(11)8-14-15(12)2/h8-9,11,13H,4-7H2,1-3H3. The molecule has 0 aliphatic heterocycles. The van der Waals surface area contributed by atoms with Crippen LogP contribution in [-0.2, 0) is 13.5 Å². The minimum absolute atomic E-state index is 0.520. The van der Waals surface area contributed by atoms with Crippen molar-refractivity contribution < 1.29 is 0 Å². The summed E-state index contributed by atoms with van der Waals surface area (Å²) in [7, 11) is 2.05. The lowest BCUT2D eigenvalue weighted by atomic mass is 9.93. The van der Waals surface area contributed by atoms with E-state index in [4.69, 9.17) is 0 Å². The first-order valence-corrected chi connectivity index (χ1v) is 7.28. The maximum atomic E-state index is 4.37. The minimum atomic E-state index is 0.520. The lowest BCUT2D eigenvalue weighted by Crippen LogP contribution is -2.29. The quantitative estimate of drug-likeness (QED) is 0.873. The molecule has 2 atom stereocenters. The molecule has 1 aliphatic carbocycles. The number of nitrogens with zero attached hydrogens (tertiary/aromatic N) is 2. The molecule has 0 spiro atoms. The molecule has 1 aromatic heterocycles. The van der Waals surface area contributed by atoms with Crippen molar-refractivity contribution in [2.75, 3.05) is 12.8 Å². The van der Waals surface area contributed by atoms with Crippen LogP contribution in [0.15, 0.2) is 6.20 Å². The van der Waals surface area contributed by atoms with Crippen molar-refractivity contribution in [3.63, 3.8) is 0 Å². The SMILES string of the molecule is CSC(C)CNC1CCCc2c1cnn2C. The molecule has 0 radical (unpaired) electrons. The van der Waals surface area contributed by atoms with E-state index in [0.717, 1.165) is 6.54 Å². The molecule has 0 saturated heterocycles. The fourth-order valence-electron chi connectivity index (χ4n) is 2.31. The Kier molecular flexibility index (Phi) is 3.92. The average molecular weight is 239 g/mol. The number of aromatic nitrogens is 2. The van der Waals surface area contributed by atoms with Gasteiger partial charge in [-0.1, -0.05) is 6.92 Å². The van der Waals surface area contributed by atoms with Crippen LogP contribution in [0.4, 0.5) is 0 Å². The van der Waals surface area contributed by atoms with Crippen molar-refractivity contribution in [3.05, 3.63) is 17.5 Å². The highest BCUT2D eigenvalue weighted by atomic mass is 32.2. The summed E-state index contributed by atoms with van der Waals surface area (Å²) in [5, 5.41) is 8.72. The van der Waals surface area contributed by atoms with E-state index in [1.807, 2.05) is 29.7 Å². The lowest BCUT2D eigenvalue weighted by Gasteiger charge is -2.25. The third kappa shape index (κ3) is 2.43. The third-order valence-corrected chi connectivity index (χ3v) is 4.40. The van der Waals surface area contributed by atoms with Crippen LogP contribution in [0.5, 0.6) is 0 Å². The van der Waals surface area contributed by atoms with Gasteiger partial charge in [0.1, 0.15) is 0 Å². The minimum Gasteiger partial charge on any atom is -0.309 e. The number of aryl methyl sites for hydroxylation is 1. The van der Waals surface area contributed by atoms with Crippen LogP contribution in [0.25, 0.3) is 0 Å². The van der Waals surface area contributed by atoms with Crippen LogP contribution in [0, 0.1) is 0 Å². The topological polar surface area (TPSA) is 29.9 Å². The number of fused-ring (bicyclic) bond motifs is 1. The van der Waals surface area contributed by atoms with Gasteiger partial charge in [-0.2, -0.15) is 16.9 Å². The summed E-state index contributed by atoms with van der Waals surface area (Å²) in [5.74, 6) is 0. The van der Waals surface area contributed by atoms with E-state index in [-0.39, 0.29) is 0 Å². The second kappa shape index (κ2) is 5.23. The molecular weight excluding hydrogens is 218 g/mol. The maximum absolute atomic E-state index is 4.37.